The Hall–Kier alpha value is -4.58. The Kier molecular flexibility index (Phi) is 7.83. The van der Waals surface area contributed by atoms with Gasteiger partial charge in [-0.1, -0.05) is 18.2 Å². The molecule has 0 atom stereocenters. The number of Topliss-reactive ketones (excluding diaryl/α,β-unsaturated/α-hetero) is 1. The molecule has 5 rings (SSSR count). The van der Waals surface area contributed by atoms with E-state index >= 15 is 0 Å². The number of fused-ring (bicyclic) bond motifs is 1. The van der Waals surface area contributed by atoms with Crippen LogP contribution >= 0.6 is 0 Å². The first-order valence-corrected chi connectivity index (χ1v) is 14.8. The van der Waals surface area contributed by atoms with Gasteiger partial charge in [0.15, 0.2) is 27.2 Å². The van der Waals surface area contributed by atoms with Gasteiger partial charge >= 0.3 is 0 Å². The molecule has 2 N–H and O–H groups in total. The average molecular weight is 598 g/mol. The van der Waals surface area contributed by atoms with Crippen molar-refractivity contribution < 1.29 is 35.9 Å². The molecule has 0 radical (unpaired) electrons. The van der Waals surface area contributed by atoms with Gasteiger partial charge in [-0.05, 0) is 66.1 Å². The lowest BCUT2D eigenvalue weighted by molar-refractivity contribution is 0.0815. The number of halogens is 3. The van der Waals surface area contributed by atoms with Crippen molar-refractivity contribution in [2.45, 2.75) is 25.5 Å². The van der Waals surface area contributed by atoms with Crippen molar-refractivity contribution in [1.29, 1.82) is 0 Å². The SMILES string of the molecule is Cc1cc(-n2ncc(C(=O)C3=Cc4cc(OCC(F)F)c(CS(C)(=O)=O)cc4C3)c2N)ccc1Oc1ccccc1F. The van der Waals surface area contributed by atoms with E-state index in [2.05, 4.69) is 5.10 Å². The van der Waals surface area contributed by atoms with E-state index in [1.54, 1.807) is 49.4 Å². The van der Waals surface area contributed by atoms with Crippen LogP contribution in [0.1, 0.15) is 32.6 Å². The molecule has 8 nitrogen and oxygen atoms in total. The summed E-state index contributed by atoms with van der Waals surface area (Å²) in [4.78, 5) is 13.5. The Morgan fingerprint density at radius 3 is 2.55 bits per heavy atom. The quantitative estimate of drug-likeness (QED) is 0.233. The van der Waals surface area contributed by atoms with E-state index in [1.807, 2.05) is 0 Å². The zero-order valence-corrected chi connectivity index (χ0v) is 23.4. The Morgan fingerprint density at radius 2 is 1.86 bits per heavy atom. The van der Waals surface area contributed by atoms with Crippen LogP contribution in [-0.2, 0) is 22.0 Å². The third-order valence-electron chi connectivity index (χ3n) is 6.62. The predicted octanol–water partition coefficient (Wildman–Crippen LogP) is 5.71. The zero-order valence-electron chi connectivity index (χ0n) is 22.6. The normalized spacial score (nSPS) is 12.8. The van der Waals surface area contributed by atoms with Crippen LogP contribution in [0, 0.1) is 12.7 Å². The molecule has 0 amide bonds. The number of carbonyl (C=O) groups excluding carboxylic acids is 1. The van der Waals surface area contributed by atoms with Gasteiger partial charge in [0.2, 0.25) is 0 Å². The molecule has 0 saturated carbocycles. The number of hydrogen-bond donors (Lipinski definition) is 1. The second kappa shape index (κ2) is 11.4. The minimum Gasteiger partial charge on any atom is -0.487 e. The fourth-order valence-electron chi connectivity index (χ4n) is 4.69. The number of ether oxygens (including phenoxy) is 2. The maximum absolute atomic E-state index is 14.0. The number of nitrogens with two attached hydrogens (primary N) is 1. The number of rotatable bonds is 10. The van der Waals surface area contributed by atoms with Crippen molar-refractivity contribution in [2.24, 2.45) is 0 Å². The molecule has 0 bridgehead atoms. The van der Waals surface area contributed by atoms with E-state index in [4.69, 9.17) is 15.2 Å². The summed E-state index contributed by atoms with van der Waals surface area (Å²) in [5.74, 6) is -0.634. The summed E-state index contributed by atoms with van der Waals surface area (Å²) in [5, 5.41) is 4.29. The topological polar surface area (TPSA) is 114 Å². The predicted molar refractivity (Wildman–Crippen MR) is 152 cm³/mol. The van der Waals surface area contributed by atoms with E-state index in [0.717, 1.165) is 6.26 Å². The fourth-order valence-corrected chi connectivity index (χ4v) is 5.48. The Bertz CT molecular complexity index is 1830. The summed E-state index contributed by atoms with van der Waals surface area (Å²) < 4.78 is 75.7. The summed E-state index contributed by atoms with van der Waals surface area (Å²) in [5.41, 5.74) is 9.57. The minimum atomic E-state index is -3.49. The molecule has 1 aromatic heterocycles. The zero-order chi connectivity index (χ0) is 30.2. The van der Waals surface area contributed by atoms with Crippen molar-refractivity contribution in [3.63, 3.8) is 0 Å². The van der Waals surface area contributed by atoms with Crippen molar-refractivity contribution >= 4 is 27.5 Å². The fraction of sp³-hybridized carbons (Fsp3) is 0.200. The average Bonchev–Trinajstić information content (AvgIpc) is 3.51. The maximum atomic E-state index is 14.0. The standard InChI is InChI=1S/C30H26F3N3O5S/c1-17-9-22(7-8-25(17)41-26-6-4-3-5-24(26)31)36-30(34)23(14-35-36)29(37)20-10-18-12-21(16-42(2,38)39)27(13-19(18)11-20)40-15-28(32)33/h3-9,11-14,28H,10,15-16,34H2,1-2H3. The van der Waals surface area contributed by atoms with Crippen LogP contribution < -0.4 is 15.2 Å². The summed E-state index contributed by atoms with van der Waals surface area (Å²) in [7, 11) is -3.49. The highest BCUT2D eigenvalue weighted by Crippen LogP contribution is 2.35. The molecule has 218 valence electrons. The van der Waals surface area contributed by atoms with Crippen molar-refractivity contribution in [3.8, 4) is 22.9 Å². The number of aromatic nitrogens is 2. The molecule has 42 heavy (non-hydrogen) atoms. The number of nitrogen functional groups attached to an aromatic ring is 1. The number of nitrogens with zero attached hydrogens (tertiary/aromatic N) is 2. The van der Waals surface area contributed by atoms with Gasteiger partial charge in [-0.2, -0.15) is 5.10 Å². The maximum Gasteiger partial charge on any atom is 0.272 e. The molecule has 1 aliphatic carbocycles. The summed E-state index contributed by atoms with van der Waals surface area (Å²) in [6, 6.07) is 14.2. The third kappa shape index (κ3) is 6.18. The van der Waals surface area contributed by atoms with Crippen molar-refractivity contribution in [2.75, 3.05) is 18.6 Å². The smallest absolute Gasteiger partial charge is 0.272 e. The number of aryl methyl sites for hydroxylation is 1. The van der Waals surface area contributed by atoms with Crippen LogP contribution in [0.3, 0.4) is 0 Å². The molecule has 1 heterocycles. The second-order valence-electron chi connectivity index (χ2n) is 9.94. The number of allylic oxidation sites excluding steroid dienone is 1. The molecular formula is C30H26F3N3O5S. The highest BCUT2D eigenvalue weighted by atomic mass is 32.2. The number of ketones is 1. The van der Waals surface area contributed by atoms with Crippen molar-refractivity contribution in [3.05, 3.63) is 100 Å². The van der Waals surface area contributed by atoms with E-state index in [1.165, 1.54) is 29.1 Å². The van der Waals surface area contributed by atoms with Crippen molar-refractivity contribution in [1.82, 2.24) is 9.78 Å². The molecular weight excluding hydrogens is 571 g/mol. The van der Waals surface area contributed by atoms with Gasteiger partial charge in [-0.3, -0.25) is 4.79 Å². The number of para-hydroxylation sites is 1. The monoisotopic (exact) mass is 597 g/mol. The lowest BCUT2D eigenvalue weighted by Gasteiger charge is -2.13. The van der Waals surface area contributed by atoms with Crippen LogP contribution in [0.25, 0.3) is 11.8 Å². The lowest BCUT2D eigenvalue weighted by Crippen LogP contribution is -2.11. The Morgan fingerprint density at radius 1 is 1.10 bits per heavy atom. The van der Waals surface area contributed by atoms with Crippen LogP contribution in [0.5, 0.6) is 17.2 Å². The third-order valence-corrected chi connectivity index (χ3v) is 7.45. The number of anilines is 1. The number of alkyl halides is 2. The summed E-state index contributed by atoms with van der Waals surface area (Å²) in [6.45, 7) is 0.889. The molecule has 0 spiro atoms. The summed E-state index contributed by atoms with van der Waals surface area (Å²) in [6.07, 6.45) is 1.44. The summed E-state index contributed by atoms with van der Waals surface area (Å²) >= 11 is 0. The number of hydrogen-bond acceptors (Lipinski definition) is 7. The number of benzene rings is 3. The van der Waals surface area contributed by atoms with E-state index in [0.29, 0.717) is 33.7 Å². The van der Waals surface area contributed by atoms with Crippen LogP contribution in [0.15, 0.2) is 66.4 Å². The van der Waals surface area contributed by atoms with Crippen LogP contribution in [0.4, 0.5) is 19.0 Å². The molecule has 12 heteroatoms. The largest absolute Gasteiger partial charge is 0.487 e. The minimum absolute atomic E-state index is 0.0227. The highest BCUT2D eigenvalue weighted by molar-refractivity contribution is 7.89. The first kappa shape index (κ1) is 28.9. The molecule has 0 fully saturated rings. The van der Waals surface area contributed by atoms with E-state index in [-0.39, 0.29) is 40.6 Å². The molecule has 0 saturated heterocycles. The van der Waals surface area contributed by atoms with Crippen LogP contribution in [-0.4, -0.2) is 43.3 Å². The molecule has 1 aliphatic rings. The van der Waals surface area contributed by atoms with Gasteiger partial charge in [0.25, 0.3) is 6.43 Å². The number of carbonyl (C=O) groups is 1. The molecule has 3 aromatic carbocycles. The second-order valence-corrected chi connectivity index (χ2v) is 12.1. The van der Waals surface area contributed by atoms with Crippen LogP contribution in [0.2, 0.25) is 0 Å². The Labute approximate surface area is 240 Å². The van der Waals surface area contributed by atoms with Gasteiger partial charge in [0, 0.05) is 23.8 Å². The van der Waals surface area contributed by atoms with Gasteiger partial charge < -0.3 is 15.2 Å². The Balaban J connectivity index is 1.38. The molecule has 0 unspecified atom stereocenters. The van der Waals surface area contributed by atoms with E-state index < -0.39 is 34.4 Å². The first-order valence-electron chi connectivity index (χ1n) is 12.8. The molecule has 4 aromatic rings. The van der Waals surface area contributed by atoms with E-state index in [9.17, 15) is 26.4 Å². The van der Waals surface area contributed by atoms with Gasteiger partial charge in [-0.25, -0.2) is 26.3 Å². The van der Waals surface area contributed by atoms with Gasteiger partial charge in [-0.15, -0.1) is 0 Å². The lowest BCUT2D eigenvalue weighted by atomic mass is 10.0. The number of sulfone groups is 1. The highest BCUT2D eigenvalue weighted by Gasteiger charge is 2.26. The first-order chi connectivity index (χ1) is 19.9. The van der Waals surface area contributed by atoms with Gasteiger partial charge in [0.1, 0.15) is 23.9 Å². The molecule has 0 aliphatic heterocycles. The van der Waals surface area contributed by atoms with Gasteiger partial charge in [0.05, 0.1) is 23.2 Å².